The summed E-state index contributed by atoms with van der Waals surface area (Å²) >= 11 is 1.34. The van der Waals surface area contributed by atoms with Crippen LogP contribution in [0.25, 0.3) is 5.65 Å². The van der Waals surface area contributed by atoms with Gasteiger partial charge in [-0.1, -0.05) is 30.0 Å². The molecule has 0 unspecified atom stereocenters. The van der Waals surface area contributed by atoms with E-state index in [0.29, 0.717) is 23.2 Å². The second-order valence-corrected chi connectivity index (χ2v) is 5.62. The van der Waals surface area contributed by atoms with E-state index in [9.17, 15) is 4.79 Å². The van der Waals surface area contributed by atoms with E-state index in [1.54, 1.807) is 0 Å². The van der Waals surface area contributed by atoms with E-state index in [-0.39, 0.29) is 11.7 Å². The first-order chi connectivity index (χ1) is 11.3. The smallest absolute Gasteiger partial charge is 0.234 e. The molecule has 6 nitrogen and oxygen atoms in total. The molecule has 0 bridgehead atoms. The molecule has 7 heteroatoms. The number of thioether (sulfide) groups is 1. The summed E-state index contributed by atoms with van der Waals surface area (Å²) in [5, 5.41) is 11.7. The fraction of sp³-hybridized carbons (Fsp3) is 0.188. The lowest BCUT2D eigenvalue weighted by molar-refractivity contribution is -0.113. The highest BCUT2D eigenvalue weighted by Gasteiger charge is 2.11. The summed E-state index contributed by atoms with van der Waals surface area (Å²) < 4.78 is 7.35. The maximum absolute atomic E-state index is 12.2. The molecular formula is C16H16N4O2S. The average Bonchev–Trinajstić information content (AvgIpc) is 2.98. The summed E-state index contributed by atoms with van der Waals surface area (Å²) in [5.74, 6) is 0.798. The Morgan fingerprint density at radius 2 is 2.04 bits per heavy atom. The number of para-hydroxylation sites is 2. The van der Waals surface area contributed by atoms with Crippen LogP contribution >= 0.6 is 11.8 Å². The first kappa shape index (κ1) is 15.4. The van der Waals surface area contributed by atoms with Crippen LogP contribution in [0, 0.1) is 0 Å². The molecule has 0 spiro atoms. The molecule has 3 aromatic rings. The number of fused-ring (bicyclic) bond motifs is 1. The van der Waals surface area contributed by atoms with E-state index in [1.165, 1.54) is 11.8 Å². The van der Waals surface area contributed by atoms with Gasteiger partial charge in [0.1, 0.15) is 5.75 Å². The molecule has 2 aromatic heterocycles. The molecule has 23 heavy (non-hydrogen) atoms. The van der Waals surface area contributed by atoms with Crippen molar-refractivity contribution < 1.29 is 9.53 Å². The van der Waals surface area contributed by atoms with E-state index in [2.05, 4.69) is 15.5 Å². The zero-order valence-corrected chi connectivity index (χ0v) is 13.4. The average molecular weight is 328 g/mol. The van der Waals surface area contributed by atoms with Gasteiger partial charge in [-0.25, -0.2) is 0 Å². The van der Waals surface area contributed by atoms with Crippen LogP contribution in [-0.4, -0.2) is 32.9 Å². The predicted molar refractivity (Wildman–Crippen MR) is 90.0 cm³/mol. The van der Waals surface area contributed by atoms with E-state index in [0.717, 1.165) is 5.65 Å². The molecule has 0 aliphatic carbocycles. The zero-order valence-electron chi connectivity index (χ0n) is 12.6. The van der Waals surface area contributed by atoms with Crippen molar-refractivity contribution in [1.82, 2.24) is 14.6 Å². The van der Waals surface area contributed by atoms with Gasteiger partial charge in [-0.2, -0.15) is 0 Å². The second-order valence-electron chi connectivity index (χ2n) is 4.68. The molecule has 2 heterocycles. The van der Waals surface area contributed by atoms with Gasteiger partial charge in [0.05, 0.1) is 18.0 Å². The van der Waals surface area contributed by atoms with Crippen molar-refractivity contribution in [3.63, 3.8) is 0 Å². The lowest BCUT2D eigenvalue weighted by Crippen LogP contribution is -2.15. The van der Waals surface area contributed by atoms with Gasteiger partial charge < -0.3 is 10.1 Å². The number of benzene rings is 1. The number of hydrogen-bond donors (Lipinski definition) is 1. The second kappa shape index (κ2) is 7.15. The molecule has 1 N–H and O–H groups in total. The Hall–Kier alpha value is -2.54. The molecule has 1 amide bonds. The monoisotopic (exact) mass is 328 g/mol. The van der Waals surface area contributed by atoms with Crippen LogP contribution in [0.15, 0.2) is 53.8 Å². The molecule has 0 aliphatic rings. The van der Waals surface area contributed by atoms with Gasteiger partial charge in [0.2, 0.25) is 5.91 Å². The topological polar surface area (TPSA) is 68.5 Å². The van der Waals surface area contributed by atoms with Crippen LogP contribution in [0.4, 0.5) is 5.69 Å². The van der Waals surface area contributed by atoms with Crippen molar-refractivity contribution in [3.05, 3.63) is 48.7 Å². The molecule has 0 saturated heterocycles. The minimum atomic E-state index is -0.116. The summed E-state index contributed by atoms with van der Waals surface area (Å²) in [6, 6.07) is 13.1. The Balaban J connectivity index is 1.64. The standard InChI is InChI=1S/C16H16N4O2S/c1-2-22-13-8-4-3-7-12(13)17-15(21)11-23-16-19-18-14-9-5-6-10-20(14)16/h3-10H,2,11H2,1H3,(H,17,21). The number of aromatic nitrogens is 3. The molecule has 0 atom stereocenters. The highest BCUT2D eigenvalue weighted by molar-refractivity contribution is 7.99. The summed E-state index contributed by atoms with van der Waals surface area (Å²) in [6.45, 7) is 2.46. The first-order valence-electron chi connectivity index (χ1n) is 7.22. The predicted octanol–water partition coefficient (Wildman–Crippen LogP) is 2.86. The Labute approximate surface area is 137 Å². The largest absolute Gasteiger partial charge is 0.492 e. The van der Waals surface area contributed by atoms with Crippen molar-refractivity contribution in [3.8, 4) is 5.75 Å². The van der Waals surface area contributed by atoms with E-state index >= 15 is 0 Å². The number of nitrogens with zero attached hydrogens (tertiary/aromatic N) is 3. The number of amides is 1. The quantitative estimate of drug-likeness (QED) is 0.705. The highest BCUT2D eigenvalue weighted by Crippen LogP contribution is 2.24. The SMILES string of the molecule is CCOc1ccccc1NC(=O)CSc1nnc2ccccn12. The number of nitrogens with one attached hydrogen (secondary N) is 1. The van der Waals surface area contributed by atoms with Gasteiger partial charge >= 0.3 is 0 Å². The molecule has 0 radical (unpaired) electrons. The van der Waals surface area contributed by atoms with Gasteiger partial charge in [-0.3, -0.25) is 9.20 Å². The molecule has 0 saturated carbocycles. The molecule has 1 aromatic carbocycles. The van der Waals surface area contributed by atoms with Crippen LogP contribution in [0.1, 0.15) is 6.92 Å². The van der Waals surface area contributed by atoms with Gasteiger partial charge in [-0.15, -0.1) is 10.2 Å². The van der Waals surface area contributed by atoms with Gasteiger partial charge in [0.25, 0.3) is 0 Å². The molecule has 118 valence electrons. The summed E-state index contributed by atoms with van der Waals surface area (Å²) in [6.07, 6.45) is 1.87. The molecule has 0 aliphatic heterocycles. The van der Waals surface area contributed by atoms with Crippen molar-refractivity contribution in [2.24, 2.45) is 0 Å². The van der Waals surface area contributed by atoms with Crippen LogP contribution in [0.2, 0.25) is 0 Å². The Bertz CT molecular complexity index is 818. The van der Waals surface area contributed by atoms with Gasteiger partial charge in [0, 0.05) is 6.20 Å². The van der Waals surface area contributed by atoms with Crippen LogP contribution in [0.3, 0.4) is 0 Å². The Morgan fingerprint density at radius 1 is 1.22 bits per heavy atom. The lowest BCUT2D eigenvalue weighted by Gasteiger charge is -2.10. The van der Waals surface area contributed by atoms with E-state index in [4.69, 9.17) is 4.74 Å². The number of anilines is 1. The fourth-order valence-electron chi connectivity index (χ4n) is 2.09. The number of hydrogen-bond acceptors (Lipinski definition) is 5. The van der Waals surface area contributed by atoms with E-state index in [1.807, 2.05) is 60.0 Å². The van der Waals surface area contributed by atoms with Gasteiger partial charge in [0.15, 0.2) is 10.8 Å². The number of ether oxygens (including phenoxy) is 1. The van der Waals surface area contributed by atoms with E-state index < -0.39 is 0 Å². The van der Waals surface area contributed by atoms with Crippen LogP contribution < -0.4 is 10.1 Å². The maximum Gasteiger partial charge on any atom is 0.234 e. The van der Waals surface area contributed by atoms with Crippen molar-refractivity contribution >= 4 is 29.0 Å². The number of carbonyl (C=O) groups is 1. The fourth-order valence-corrected chi connectivity index (χ4v) is 2.81. The lowest BCUT2D eigenvalue weighted by atomic mass is 10.3. The van der Waals surface area contributed by atoms with Crippen molar-refractivity contribution in [2.45, 2.75) is 12.1 Å². The first-order valence-corrected chi connectivity index (χ1v) is 8.20. The van der Waals surface area contributed by atoms with Crippen molar-refractivity contribution in [1.29, 1.82) is 0 Å². The third-order valence-corrected chi connectivity index (χ3v) is 4.02. The number of pyridine rings is 1. The number of carbonyl (C=O) groups excluding carboxylic acids is 1. The summed E-state index contributed by atoms with van der Waals surface area (Å²) in [4.78, 5) is 12.2. The zero-order chi connectivity index (χ0) is 16.1. The molecule has 0 fully saturated rings. The summed E-state index contributed by atoms with van der Waals surface area (Å²) in [5.41, 5.74) is 1.43. The summed E-state index contributed by atoms with van der Waals surface area (Å²) in [7, 11) is 0. The third-order valence-electron chi connectivity index (χ3n) is 3.08. The minimum Gasteiger partial charge on any atom is -0.492 e. The molecular weight excluding hydrogens is 312 g/mol. The van der Waals surface area contributed by atoms with Crippen LogP contribution in [-0.2, 0) is 4.79 Å². The highest BCUT2D eigenvalue weighted by atomic mass is 32.2. The van der Waals surface area contributed by atoms with Crippen LogP contribution in [0.5, 0.6) is 5.75 Å². The minimum absolute atomic E-state index is 0.116. The Kier molecular flexibility index (Phi) is 4.77. The number of rotatable bonds is 6. The van der Waals surface area contributed by atoms with Gasteiger partial charge in [-0.05, 0) is 31.2 Å². The normalized spacial score (nSPS) is 10.7. The molecule has 3 rings (SSSR count). The third kappa shape index (κ3) is 3.62. The Morgan fingerprint density at radius 3 is 2.91 bits per heavy atom. The maximum atomic E-state index is 12.2. The van der Waals surface area contributed by atoms with Crippen molar-refractivity contribution in [2.75, 3.05) is 17.7 Å².